The number of aliphatic hydroxyl groups is 1. The zero-order valence-electron chi connectivity index (χ0n) is 11.6. The first-order chi connectivity index (χ1) is 8.58. The van der Waals surface area contributed by atoms with Gasteiger partial charge in [-0.05, 0) is 26.8 Å². The molecule has 4 heteroatoms. The number of benzene rings is 1. The summed E-state index contributed by atoms with van der Waals surface area (Å²) in [6.07, 6.45) is 0.0929. The van der Waals surface area contributed by atoms with E-state index < -0.39 is 0 Å². The highest BCUT2D eigenvalue weighted by atomic mass is 16.5. The van der Waals surface area contributed by atoms with E-state index >= 15 is 0 Å². The number of ether oxygens (including phenoxy) is 2. The Morgan fingerprint density at radius 2 is 2.00 bits per heavy atom. The molecule has 0 amide bonds. The maximum Gasteiger partial charge on any atom is 0.166 e. The van der Waals surface area contributed by atoms with Crippen LogP contribution in [0.5, 0.6) is 11.5 Å². The molecule has 0 aromatic heterocycles. The van der Waals surface area contributed by atoms with E-state index in [1.165, 1.54) is 0 Å². The van der Waals surface area contributed by atoms with Crippen LogP contribution in [0.25, 0.3) is 0 Å². The summed E-state index contributed by atoms with van der Waals surface area (Å²) in [6.45, 7) is 6.66. The van der Waals surface area contributed by atoms with Crippen LogP contribution in [0.2, 0.25) is 0 Å². The molecule has 1 atom stereocenters. The summed E-state index contributed by atoms with van der Waals surface area (Å²) in [7, 11) is 1.63. The van der Waals surface area contributed by atoms with Crippen LogP contribution in [-0.4, -0.2) is 31.0 Å². The van der Waals surface area contributed by atoms with Gasteiger partial charge < -0.3 is 19.9 Å². The third-order valence-corrected chi connectivity index (χ3v) is 2.55. The van der Waals surface area contributed by atoms with E-state index in [2.05, 4.69) is 5.32 Å². The van der Waals surface area contributed by atoms with Crippen molar-refractivity contribution < 1.29 is 14.6 Å². The number of para-hydroxylation sites is 1. The fourth-order valence-corrected chi connectivity index (χ4v) is 1.58. The average molecular weight is 253 g/mol. The van der Waals surface area contributed by atoms with Gasteiger partial charge >= 0.3 is 0 Å². The zero-order chi connectivity index (χ0) is 13.5. The highest BCUT2D eigenvalue weighted by molar-refractivity contribution is 5.46. The van der Waals surface area contributed by atoms with Crippen molar-refractivity contribution in [2.75, 3.05) is 13.7 Å². The molecule has 0 fully saturated rings. The molecule has 1 aromatic carbocycles. The lowest BCUT2D eigenvalue weighted by Crippen LogP contribution is -2.29. The second kappa shape index (κ2) is 7.24. The van der Waals surface area contributed by atoms with Gasteiger partial charge in [-0.25, -0.2) is 0 Å². The molecule has 18 heavy (non-hydrogen) atoms. The second-order valence-corrected chi connectivity index (χ2v) is 4.58. The Hall–Kier alpha value is -1.26. The highest BCUT2D eigenvalue weighted by Gasteiger charge is 2.12. The van der Waals surface area contributed by atoms with E-state index in [1.807, 2.05) is 39.0 Å². The van der Waals surface area contributed by atoms with Crippen LogP contribution in [-0.2, 0) is 6.54 Å². The average Bonchev–Trinajstić information content (AvgIpc) is 2.36. The smallest absolute Gasteiger partial charge is 0.166 e. The molecule has 4 nitrogen and oxygen atoms in total. The lowest BCUT2D eigenvalue weighted by atomic mass is 10.1. The van der Waals surface area contributed by atoms with Gasteiger partial charge in [-0.1, -0.05) is 12.1 Å². The topological polar surface area (TPSA) is 50.7 Å². The first-order valence-corrected chi connectivity index (χ1v) is 6.25. The largest absolute Gasteiger partial charge is 0.493 e. The maximum atomic E-state index is 9.01. The number of aliphatic hydroxyl groups excluding tert-OH is 1. The van der Waals surface area contributed by atoms with E-state index in [9.17, 15) is 0 Å². The number of methoxy groups -OCH3 is 1. The Kier molecular flexibility index (Phi) is 5.95. The normalized spacial score (nSPS) is 12.6. The minimum atomic E-state index is 0.0584. The standard InChI is InChI=1S/C14H23NO3/c1-10(2)18-14-12(8-15-11(3)9-16)6-5-7-13(14)17-4/h5-7,10-11,15-16H,8-9H2,1-4H3/t11-/m1/s1. The Morgan fingerprint density at radius 1 is 1.28 bits per heavy atom. The highest BCUT2D eigenvalue weighted by Crippen LogP contribution is 2.31. The third-order valence-electron chi connectivity index (χ3n) is 2.55. The minimum Gasteiger partial charge on any atom is -0.493 e. The summed E-state index contributed by atoms with van der Waals surface area (Å²) < 4.78 is 11.1. The molecule has 0 saturated heterocycles. The van der Waals surface area contributed by atoms with E-state index in [0.717, 1.165) is 17.1 Å². The molecule has 0 unspecified atom stereocenters. The van der Waals surface area contributed by atoms with Crippen LogP contribution in [0, 0.1) is 0 Å². The first-order valence-electron chi connectivity index (χ1n) is 6.25. The zero-order valence-corrected chi connectivity index (χ0v) is 11.6. The molecule has 0 heterocycles. The lowest BCUT2D eigenvalue weighted by molar-refractivity contribution is 0.224. The van der Waals surface area contributed by atoms with E-state index in [1.54, 1.807) is 7.11 Å². The Labute approximate surface area is 109 Å². The molecule has 0 radical (unpaired) electrons. The third kappa shape index (κ3) is 4.20. The Bertz CT molecular complexity index is 366. The quantitative estimate of drug-likeness (QED) is 0.780. The number of rotatable bonds is 7. The van der Waals surface area contributed by atoms with Gasteiger partial charge in [0, 0.05) is 18.2 Å². The molecule has 0 spiro atoms. The number of hydrogen-bond donors (Lipinski definition) is 2. The summed E-state index contributed by atoms with van der Waals surface area (Å²) in [4.78, 5) is 0. The molecule has 1 aromatic rings. The molecule has 102 valence electrons. The molecule has 1 rings (SSSR count). The molecule has 0 aliphatic rings. The lowest BCUT2D eigenvalue weighted by Gasteiger charge is -2.18. The molecule has 0 aliphatic heterocycles. The number of hydrogen-bond acceptors (Lipinski definition) is 4. The first kappa shape index (κ1) is 14.8. The van der Waals surface area contributed by atoms with Gasteiger partial charge in [0.2, 0.25) is 0 Å². The van der Waals surface area contributed by atoms with E-state index in [-0.39, 0.29) is 18.8 Å². The monoisotopic (exact) mass is 253 g/mol. The van der Waals surface area contributed by atoms with Gasteiger partial charge in [-0.3, -0.25) is 0 Å². The predicted octanol–water partition coefficient (Wildman–Crippen LogP) is 1.95. The van der Waals surface area contributed by atoms with Crippen LogP contribution in [0.4, 0.5) is 0 Å². The van der Waals surface area contributed by atoms with Crippen molar-refractivity contribution in [3.63, 3.8) is 0 Å². The Morgan fingerprint density at radius 3 is 2.56 bits per heavy atom. The van der Waals surface area contributed by atoms with Crippen molar-refractivity contribution in [3.8, 4) is 11.5 Å². The summed E-state index contributed by atoms with van der Waals surface area (Å²) in [5, 5.41) is 12.2. The van der Waals surface area contributed by atoms with E-state index in [4.69, 9.17) is 14.6 Å². The van der Waals surface area contributed by atoms with Gasteiger partial charge in [0.05, 0.1) is 19.8 Å². The van der Waals surface area contributed by atoms with Crippen LogP contribution in [0.3, 0.4) is 0 Å². The molecule has 0 bridgehead atoms. The van der Waals surface area contributed by atoms with Crippen LogP contribution < -0.4 is 14.8 Å². The predicted molar refractivity (Wildman–Crippen MR) is 72.1 cm³/mol. The maximum absolute atomic E-state index is 9.01. The van der Waals surface area contributed by atoms with Crippen molar-refractivity contribution in [2.45, 2.75) is 39.5 Å². The molecule has 2 N–H and O–H groups in total. The summed E-state index contributed by atoms with van der Waals surface area (Å²) in [6, 6.07) is 5.88. The van der Waals surface area contributed by atoms with Crippen molar-refractivity contribution in [3.05, 3.63) is 23.8 Å². The van der Waals surface area contributed by atoms with Crippen LogP contribution >= 0.6 is 0 Å². The van der Waals surface area contributed by atoms with Gasteiger partial charge in [-0.2, -0.15) is 0 Å². The minimum absolute atomic E-state index is 0.0584. The van der Waals surface area contributed by atoms with Crippen molar-refractivity contribution in [2.24, 2.45) is 0 Å². The van der Waals surface area contributed by atoms with Gasteiger partial charge in [0.1, 0.15) is 0 Å². The van der Waals surface area contributed by atoms with Crippen LogP contribution in [0.1, 0.15) is 26.3 Å². The van der Waals surface area contributed by atoms with Crippen LogP contribution in [0.15, 0.2) is 18.2 Å². The molecular weight excluding hydrogens is 230 g/mol. The van der Waals surface area contributed by atoms with Crippen molar-refractivity contribution in [1.29, 1.82) is 0 Å². The van der Waals surface area contributed by atoms with Crippen molar-refractivity contribution >= 4 is 0 Å². The summed E-state index contributed by atoms with van der Waals surface area (Å²) in [5.41, 5.74) is 1.03. The number of nitrogens with one attached hydrogen (secondary N) is 1. The van der Waals surface area contributed by atoms with Gasteiger partial charge in [0.25, 0.3) is 0 Å². The SMILES string of the molecule is COc1cccc(CN[C@H](C)CO)c1OC(C)C. The molecule has 0 saturated carbocycles. The second-order valence-electron chi connectivity index (χ2n) is 4.58. The fourth-order valence-electron chi connectivity index (χ4n) is 1.58. The fraction of sp³-hybridized carbons (Fsp3) is 0.571. The van der Waals surface area contributed by atoms with E-state index in [0.29, 0.717) is 6.54 Å². The molecular formula is C14H23NO3. The summed E-state index contributed by atoms with van der Waals surface area (Å²) in [5.74, 6) is 1.51. The van der Waals surface area contributed by atoms with Crippen molar-refractivity contribution in [1.82, 2.24) is 5.32 Å². The summed E-state index contributed by atoms with van der Waals surface area (Å²) >= 11 is 0. The Balaban J connectivity index is 2.87. The van der Waals surface area contributed by atoms with Gasteiger partial charge in [-0.15, -0.1) is 0 Å². The molecule has 0 aliphatic carbocycles. The van der Waals surface area contributed by atoms with Gasteiger partial charge in [0.15, 0.2) is 11.5 Å².